The van der Waals surface area contributed by atoms with Gasteiger partial charge in [-0.05, 0) is 31.6 Å². The highest BCUT2D eigenvalue weighted by atomic mass is 16.3. The maximum atomic E-state index is 10.9. The SMILES string of the molecule is CC1CCC(CO)(NCC(C)C(N)=O)CC1. The van der Waals surface area contributed by atoms with Gasteiger partial charge in [-0.1, -0.05) is 13.8 Å². The normalized spacial score (nSPS) is 32.3. The summed E-state index contributed by atoms with van der Waals surface area (Å²) in [5.41, 5.74) is 5.03. The first-order valence-electron chi connectivity index (χ1n) is 6.14. The van der Waals surface area contributed by atoms with Crippen LogP contribution in [0.4, 0.5) is 0 Å². The summed E-state index contributed by atoms with van der Waals surface area (Å²) >= 11 is 0. The smallest absolute Gasteiger partial charge is 0.221 e. The summed E-state index contributed by atoms with van der Waals surface area (Å²) in [5, 5.41) is 12.8. The Hall–Kier alpha value is -0.610. The first kappa shape index (κ1) is 13.5. The van der Waals surface area contributed by atoms with E-state index in [4.69, 9.17) is 5.73 Å². The molecule has 94 valence electrons. The molecule has 1 fully saturated rings. The Kier molecular flexibility index (Phi) is 4.74. The zero-order valence-electron chi connectivity index (χ0n) is 10.3. The molecule has 16 heavy (non-hydrogen) atoms. The third-order valence-corrected chi connectivity index (χ3v) is 3.80. The summed E-state index contributed by atoms with van der Waals surface area (Å²) in [4.78, 5) is 10.9. The van der Waals surface area contributed by atoms with Crippen LogP contribution in [0.25, 0.3) is 0 Å². The van der Waals surface area contributed by atoms with Crippen LogP contribution >= 0.6 is 0 Å². The molecule has 0 saturated heterocycles. The number of aliphatic hydroxyl groups is 1. The maximum Gasteiger partial charge on any atom is 0.221 e. The van der Waals surface area contributed by atoms with Gasteiger partial charge in [0.05, 0.1) is 6.61 Å². The molecule has 1 atom stereocenters. The van der Waals surface area contributed by atoms with E-state index in [2.05, 4.69) is 12.2 Å². The van der Waals surface area contributed by atoms with Gasteiger partial charge in [0, 0.05) is 18.0 Å². The number of carbonyl (C=O) groups is 1. The topological polar surface area (TPSA) is 75.3 Å². The van der Waals surface area contributed by atoms with Gasteiger partial charge in [-0.15, -0.1) is 0 Å². The van der Waals surface area contributed by atoms with Crippen molar-refractivity contribution in [3.63, 3.8) is 0 Å². The molecule has 1 unspecified atom stereocenters. The van der Waals surface area contributed by atoms with Crippen LogP contribution in [0.5, 0.6) is 0 Å². The lowest BCUT2D eigenvalue weighted by Gasteiger charge is -2.39. The fourth-order valence-corrected chi connectivity index (χ4v) is 2.18. The molecule has 0 aromatic heterocycles. The summed E-state index contributed by atoms with van der Waals surface area (Å²) in [6, 6.07) is 0. The van der Waals surface area contributed by atoms with Crippen LogP contribution in [0.3, 0.4) is 0 Å². The van der Waals surface area contributed by atoms with E-state index >= 15 is 0 Å². The number of amides is 1. The summed E-state index contributed by atoms with van der Waals surface area (Å²) in [6.45, 7) is 4.76. The molecule has 1 rings (SSSR count). The molecule has 4 nitrogen and oxygen atoms in total. The summed E-state index contributed by atoms with van der Waals surface area (Å²) in [7, 11) is 0. The Morgan fingerprint density at radius 3 is 2.56 bits per heavy atom. The van der Waals surface area contributed by atoms with Gasteiger partial charge in [-0.2, -0.15) is 0 Å². The molecule has 0 heterocycles. The van der Waals surface area contributed by atoms with E-state index in [0.29, 0.717) is 6.54 Å². The Labute approximate surface area is 97.6 Å². The van der Waals surface area contributed by atoms with Crippen LogP contribution < -0.4 is 11.1 Å². The molecule has 1 saturated carbocycles. The quantitative estimate of drug-likeness (QED) is 0.646. The van der Waals surface area contributed by atoms with Crippen molar-refractivity contribution in [2.24, 2.45) is 17.6 Å². The van der Waals surface area contributed by atoms with Crippen molar-refractivity contribution in [1.82, 2.24) is 5.32 Å². The van der Waals surface area contributed by atoms with Gasteiger partial charge in [0.2, 0.25) is 5.91 Å². The third-order valence-electron chi connectivity index (χ3n) is 3.80. The molecule has 4 N–H and O–H groups in total. The van der Waals surface area contributed by atoms with Crippen molar-refractivity contribution in [1.29, 1.82) is 0 Å². The molecule has 1 aliphatic rings. The largest absolute Gasteiger partial charge is 0.394 e. The summed E-state index contributed by atoms with van der Waals surface area (Å²) in [6.07, 6.45) is 4.24. The molecule has 1 amide bonds. The monoisotopic (exact) mass is 228 g/mol. The van der Waals surface area contributed by atoms with Crippen LogP contribution in [0.1, 0.15) is 39.5 Å². The second-order valence-corrected chi connectivity index (χ2v) is 5.31. The van der Waals surface area contributed by atoms with E-state index in [1.165, 1.54) is 0 Å². The highest BCUT2D eigenvalue weighted by Crippen LogP contribution is 2.31. The predicted molar refractivity (Wildman–Crippen MR) is 63.8 cm³/mol. The van der Waals surface area contributed by atoms with Crippen molar-refractivity contribution in [3.8, 4) is 0 Å². The second kappa shape index (κ2) is 5.64. The molecule has 1 aliphatic carbocycles. The zero-order valence-corrected chi connectivity index (χ0v) is 10.3. The van der Waals surface area contributed by atoms with Crippen molar-refractivity contribution in [2.45, 2.75) is 45.1 Å². The molecule has 4 heteroatoms. The highest BCUT2D eigenvalue weighted by Gasteiger charge is 2.33. The van der Waals surface area contributed by atoms with Crippen LogP contribution in [0.15, 0.2) is 0 Å². The predicted octanol–water partition coefficient (Wildman–Crippen LogP) is 0.639. The van der Waals surface area contributed by atoms with Crippen molar-refractivity contribution < 1.29 is 9.90 Å². The number of rotatable bonds is 5. The first-order chi connectivity index (χ1) is 7.49. The fraction of sp³-hybridized carbons (Fsp3) is 0.917. The van der Waals surface area contributed by atoms with E-state index in [9.17, 15) is 9.90 Å². The number of aliphatic hydroxyl groups excluding tert-OH is 1. The van der Waals surface area contributed by atoms with E-state index in [1.54, 1.807) is 0 Å². The van der Waals surface area contributed by atoms with Gasteiger partial charge < -0.3 is 16.2 Å². The van der Waals surface area contributed by atoms with Crippen molar-refractivity contribution >= 4 is 5.91 Å². The zero-order chi connectivity index (χ0) is 12.2. The molecule has 0 aromatic carbocycles. The lowest BCUT2D eigenvalue weighted by molar-refractivity contribution is -0.121. The van der Waals surface area contributed by atoms with Crippen LogP contribution in [-0.4, -0.2) is 29.7 Å². The van der Waals surface area contributed by atoms with Crippen LogP contribution in [-0.2, 0) is 4.79 Å². The Morgan fingerprint density at radius 1 is 1.56 bits per heavy atom. The van der Waals surface area contributed by atoms with E-state index in [1.807, 2.05) is 6.92 Å². The summed E-state index contributed by atoms with van der Waals surface area (Å²) in [5.74, 6) is 0.280. The van der Waals surface area contributed by atoms with E-state index in [-0.39, 0.29) is 24.0 Å². The Morgan fingerprint density at radius 2 is 2.12 bits per heavy atom. The number of hydrogen-bond donors (Lipinski definition) is 3. The first-order valence-corrected chi connectivity index (χ1v) is 6.14. The molecule has 0 aromatic rings. The van der Waals surface area contributed by atoms with E-state index < -0.39 is 0 Å². The average Bonchev–Trinajstić information content (AvgIpc) is 2.28. The number of nitrogens with one attached hydrogen (secondary N) is 1. The average molecular weight is 228 g/mol. The number of carbonyl (C=O) groups excluding carboxylic acids is 1. The molecule has 0 spiro atoms. The van der Waals surface area contributed by atoms with Crippen molar-refractivity contribution in [2.75, 3.05) is 13.2 Å². The standard InChI is InChI=1S/C12H24N2O2/c1-9-3-5-12(8-15,6-4-9)14-7-10(2)11(13)16/h9-10,14-15H,3-8H2,1-2H3,(H2,13,16). The van der Waals surface area contributed by atoms with Gasteiger partial charge in [-0.3, -0.25) is 4.79 Å². The minimum Gasteiger partial charge on any atom is -0.394 e. The fourth-order valence-electron chi connectivity index (χ4n) is 2.18. The van der Waals surface area contributed by atoms with Gasteiger partial charge in [0.15, 0.2) is 0 Å². The number of hydrogen-bond acceptors (Lipinski definition) is 3. The second-order valence-electron chi connectivity index (χ2n) is 5.31. The van der Waals surface area contributed by atoms with E-state index in [0.717, 1.165) is 31.6 Å². The summed E-state index contributed by atoms with van der Waals surface area (Å²) < 4.78 is 0. The molecule has 0 radical (unpaired) electrons. The van der Waals surface area contributed by atoms with Gasteiger partial charge >= 0.3 is 0 Å². The van der Waals surface area contributed by atoms with Gasteiger partial charge in [-0.25, -0.2) is 0 Å². The minimum absolute atomic E-state index is 0.144. The number of nitrogens with two attached hydrogens (primary N) is 1. The number of primary amides is 1. The lowest BCUT2D eigenvalue weighted by atomic mass is 9.77. The third kappa shape index (κ3) is 3.46. The lowest BCUT2D eigenvalue weighted by Crippen LogP contribution is -2.52. The van der Waals surface area contributed by atoms with Gasteiger partial charge in [0.25, 0.3) is 0 Å². The molecular formula is C12H24N2O2. The van der Waals surface area contributed by atoms with Crippen LogP contribution in [0.2, 0.25) is 0 Å². The minimum atomic E-state index is -0.287. The van der Waals surface area contributed by atoms with Crippen molar-refractivity contribution in [3.05, 3.63) is 0 Å². The molecule has 0 bridgehead atoms. The van der Waals surface area contributed by atoms with Crippen LogP contribution in [0, 0.1) is 11.8 Å². The molecular weight excluding hydrogens is 204 g/mol. The van der Waals surface area contributed by atoms with Gasteiger partial charge in [0.1, 0.15) is 0 Å². The Bertz CT molecular complexity index is 235. The maximum absolute atomic E-state index is 10.9. The highest BCUT2D eigenvalue weighted by molar-refractivity contribution is 5.76. The molecule has 0 aliphatic heterocycles. The Balaban J connectivity index is 2.45.